The minimum Gasteiger partial charge on any atom is -0.393 e. The fraction of sp³-hybridized carbons (Fsp3) is 0.857. The number of Topliss-reactive ketones (excluding diaryl/α,β-unsaturated/α-hetero) is 1. The summed E-state index contributed by atoms with van der Waals surface area (Å²) in [5.74, 6) is 3.11. The highest BCUT2D eigenvalue weighted by Gasteiger charge is 2.63. The molecule has 0 spiro atoms. The lowest BCUT2D eigenvalue weighted by Gasteiger charge is -2.62. The molecule has 4 heteroatoms. The van der Waals surface area contributed by atoms with Crippen molar-refractivity contribution in [3.63, 3.8) is 0 Å². The van der Waals surface area contributed by atoms with E-state index < -0.39 is 12.0 Å². The van der Waals surface area contributed by atoms with E-state index in [2.05, 4.69) is 19.8 Å². The molecule has 2 N–H and O–H groups in total. The first-order valence-corrected chi connectivity index (χ1v) is 9.84. The monoisotopic (exact) mass is 348 g/mol. The Morgan fingerprint density at radius 1 is 1.00 bits per heavy atom. The molecule has 3 nitrogen and oxygen atoms in total. The van der Waals surface area contributed by atoms with Crippen LogP contribution in [0.1, 0.15) is 58.8 Å². The zero-order valence-electron chi connectivity index (χ0n) is 15.2. The van der Waals surface area contributed by atoms with E-state index in [1.54, 1.807) is 0 Å². The second-order valence-electron chi connectivity index (χ2n) is 9.47. The van der Waals surface area contributed by atoms with Gasteiger partial charge in [-0.3, -0.25) is 4.79 Å². The van der Waals surface area contributed by atoms with Crippen molar-refractivity contribution < 1.29 is 19.4 Å². The molecule has 0 bridgehead atoms. The predicted molar refractivity (Wildman–Crippen MR) is 91.9 cm³/mol. The number of rotatable bonds is 0. The van der Waals surface area contributed by atoms with Crippen molar-refractivity contribution in [3.05, 3.63) is 0 Å². The SMILES string of the molecule is C[C@]12C(O)CC(=O)C(C#CF)C1CC[C@@H]1[C@H]2CC[C@]2(C)C(O)CC[C@@H]12. The number of hydrogen-bond acceptors (Lipinski definition) is 3. The molecule has 0 aromatic carbocycles. The van der Waals surface area contributed by atoms with E-state index in [9.17, 15) is 19.4 Å². The molecule has 0 aromatic heterocycles. The van der Waals surface area contributed by atoms with Gasteiger partial charge in [0.25, 0.3) is 0 Å². The number of hydrogen-bond donors (Lipinski definition) is 2. The van der Waals surface area contributed by atoms with Gasteiger partial charge in [0.1, 0.15) is 6.17 Å². The first-order valence-electron chi connectivity index (χ1n) is 9.84. The number of aliphatic hydroxyl groups is 2. The maximum Gasteiger partial charge on any atom is 0.150 e. The number of carbonyl (C=O) groups is 1. The first kappa shape index (κ1) is 17.5. The van der Waals surface area contributed by atoms with Crippen molar-refractivity contribution in [2.45, 2.75) is 71.0 Å². The van der Waals surface area contributed by atoms with Gasteiger partial charge in [-0.05, 0) is 67.6 Å². The van der Waals surface area contributed by atoms with E-state index in [0.717, 1.165) is 38.5 Å². The highest BCUT2D eigenvalue weighted by atomic mass is 19.1. The topological polar surface area (TPSA) is 57.5 Å². The van der Waals surface area contributed by atoms with E-state index in [0.29, 0.717) is 17.8 Å². The van der Waals surface area contributed by atoms with Crippen molar-refractivity contribution in [2.75, 3.05) is 0 Å². The van der Waals surface area contributed by atoms with Crippen LogP contribution in [0.25, 0.3) is 0 Å². The summed E-state index contributed by atoms with van der Waals surface area (Å²) in [6.45, 7) is 4.35. The van der Waals surface area contributed by atoms with Crippen LogP contribution < -0.4 is 0 Å². The van der Waals surface area contributed by atoms with Crippen LogP contribution in [0, 0.1) is 52.5 Å². The van der Waals surface area contributed by atoms with Crippen LogP contribution in [0.5, 0.6) is 0 Å². The standard InChI is InChI=1S/C21H29FO3/c1-20-9-7-16-12(14(20)5-6-18(20)24)3-4-15-13(8-10-22)17(23)11-19(25)21(15,16)2/h12-16,18-19,24-25H,3-7,9,11H2,1-2H3/t12-,13?,14-,15?,16+,18?,19?,20-,21-/m0/s1. The molecular formula is C21H29FO3. The third kappa shape index (κ3) is 2.21. The summed E-state index contributed by atoms with van der Waals surface area (Å²) in [6.07, 6.45) is 6.40. The van der Waals surface area contributed by atoms with Gasteiger partial charge in [0, 0.05) is 11.8 Å². The summed E-state index contributed by atoms with van der Waals surface area (Å²) in [5.41, 5.74) is -0.377. The Morgan fingerprint density at radius 3 is 2.44 bits per heavy atom. The second-order valence-corrected chi connectivity index (χ2v) is 9.47. The van der Waals surface area contributed by atoms with Crippen molar-refractivity contribution >= 4 is 5.78 Å². The number of fused-ring (bicyclic) bond motifs is 5. The van der Waals surface area contributed by atoms with E-state index in [-0.39, 0.29) is 35.1 Å². The average molecular weight is 348 g/mol. The predicted octanol–water partition coefficient (Wildman–Crippen LogP) is 3.09. The van der Waals surface area contributed by atoms with Crippen molar-refractivity contribution in [3.8, 4) is 12.1 Å². The molecule has 0 amide bonds. The molecule has 4 aliphatic carbocycles. The van der Waals surface area contributed by atoms with E-state index in [4.69, 9.17) is 0 Å². The molecule has 0 aromatic rings. The van der Waals surface area contributed by atoms with Gasteiger partial charge in [0.15, 0.2) is 5.78 Å². The smallest absolute Gasteiger partial charge is 0.150 e. The summed E-state index contributed by atoms with van der Waals surface area (Å²) in [7, 11) is 0. The first-order chi connectivity index (χ1) is 11.8. The molecule has 4 saturated carbocycles. The number of aliphatic hydroxyl groups excluding tert-OH is 2. The number of ketones is 1. The molecule has 4 fully saturated rings. The Balaban J connectivity index is 1.70. The molecule has 0 saturated heterocycles. The van der Waals surface area contributed by atoms with Crippen LogP contribution in [0.3, 0.4) is 0 Å². The molecule has 9 atom stereocenters. The van der Waals surface area contributed by atoms with E-state index >= 15 is 0 Å². The van der Waals surface area contributed by atoms with Gasteiger partial charge in [0.05, 0.1) is 18.1 Å². The van der Waals surface area contributed by atoms with E-state index in [1.807, 2.05) is 0 Å². The average Bonchev–Trinajstić information content (AvgIpc) is 2.88. The highest BCUT2D eigenvalue weighted by molar-refractivity contribution is 5.85. The van der Waals surface area contributed by atoms with Crippen molar-refractivity contribution in [1.29, 1.82) is 0 Å². The Labute approximate surface area is 149 Å². The summed E-state index contributed by atoms with van der Waals surface area (Å²) in [5, 5.41) is 21.4. The largest absolute Gasteiger partial charge is 0.393 e. The second kappa shape index (κ2) is 5.79. The van der Waals surface area contributed by atoms with Gasteiger partial charge < -0.3 is 10.2 Å². The molecule has 4 rings (SSSR count). The molecule has 25 heavy (non-hydrogen) atoms. The third-order valence-corrected chi connectivity index (χ3v) is 8.87. The number of carbonyl (C=O) groups excluding carboxylic acids is 1. The Hall–Kier alpha value is -0.920. The Kier molecular flexibility index (Phi) is 4.05. The minimum atomic E-state index is -0.661. The minimum absolute atomic E-state index is 0.00204. The van der Waals surface area contributed by atoms with Crippen LogP contribution >= 0.6 is 0 Å². The lowest BCUT2D eigenvalue weighted by atomic mass is 9.43. The molecule has 138 valence electrons. The zero-order valence-corrected chi connectivity index (χ0v) is 15.2. The van der Waals surface area contributed by atoms with Crippen molar-refractivity contribution in [1.82, 2.24) is 0 Å². The van der Waals surface area contributed by atoms with Gasteiger partial charge in [0.2, 0.25) is 0 Å². The maximum absolute atomic E-state index is 12.7. The molecule has 0 aliphatic heterocycles. The summed E-state index contributed by atoms with van der Waals surface area (Å²) in [4.78, 5) is 12.4. The van der Waals surface area contributed by atoms with Crippen LogP contribution in [0.4, 0.5) is 4.39 Å². The Bertz CT molecular complexity index is 637. The van der Waals surface area contributed by atoms with Crippen LogP contribution in [-0.4, -0.2) is 28.2 Å². The van der Waals surface area contributed by atoms with Gasteiger partial charge >= 0.3 is 0 Å². The fourth-order valence-electron chi connectivity index (χ4n) is 7.41. The lowest BCUT2D eigenvalue weighted by Crippen LogP contribution is -2.61. The van der Waals surface area contributed by atoms with Gasteiger partial charge in [-0.25, -0.2) is 0 Å². The summed E-state index contributed by atoms with van der Waals surface area (Å²) >= 11 is 0. The normalized spacial score (nSPS) is 54.8. The van der Waals surface area contributed by atoms with Crippen molar-refractivity contribution in [2.24, 2.45) is 40.4 Å². The lowest BCUT2D eigenvalue weighted by molar-refractivity contribution is -0.180. The van der Waals surface area contributed by atoms with E-state index in [1.165, 1.54) is 6.17 Å². The maximum atomic E-state index is 12.7. The molecule has 0 heterocycles. The van der Waals surface area contributed by atoms with Gasteiger partial charge in [-0.2, -0.15) is 0 Å². The van der Waals surface area contributed by atoms with Crippen LogP contribution in [0.15, 0.2) is 0 Å². The molecule has 4 unspecified atom stereocenters. The summed E-state index contributed by atoms with van der Waals surface area (Å²) in [6, 6.07) is 0. The van der Waals surface area contributed by atoms with Crippen LogP contribution in [-0.2, 0) is 4.79 Å². The Morgan fingerprint density at radius 2 is 1.72 bits per heavy atom. The highest BCUT2D eigenvalue weighted by Crippen LogP contribution is 2.66. The summed E-state index contributed by atoms with van der Waals surface area (Å²) < 4.78 is 12.7. The van der Waals surface area contributed by atoms with Gasteiger partial charge in [-0.15, -0.1) is 4.39 Å². The van der Waals surface area contributed by atoms with Crippen LogP contribution in [0.2, 0.25) is 0 Å². The van der Waals surface area contributed by atoms with Gasteiger partial charge in [-0.1, -0.05) is 19.8 Å². The number of halogens is 1. The zero-order chi connectivity index (χ0) is 18.0. The third-order valence-electron chi connectivity index (χ3n) is 8.87. The molecule has 0 radical (unpaired) electrons. The quantitative estimate of drug-likeness (QED) is 0.662. The fourth-order valence-corrected chi connectivity index (χ4v) is 7.41. The molecule has 4 aliphatic rings. The molecular weight excluding hydrogens is 319 g/mol.